The molecule has 5 atom stereocenters. The van der Waals surface area contributed by atoms with Gasteiger partial charge in [-0.3, -0.25) is 4.79 Å². The highest BCUT2D eigenvalue weighted by atomic mass is 32.1. The van der Waals surface area contributed by atoms with E-state index in [1.54, 1.807) is 0 Å². The summed E-state index contributed by atoms with van der Waals surface area (Å²) in [5.74, 6) is 2.28. The molecule has 0 aliphatic heterocycles. The van der Waals surface area contributed by atoms with Crippen LogP contribution in [-0.2, 0) is 11.2 Å². The van der Waals surface area contributed by atoms with Crippen molar-refractivity contribution in [3.63, 3.8) is 0 Å². The van der Waals surface area contributed by atoms with Gasteiger partial charge in [0.2, 0.25) is 5.12 Å². The van der Waals surface area contributed by atoms with Crippen LogP contribution in [0.25, 0.3) is 0 Å². The third kappa shape index (κ3) is 2.99. The minimum absolute atomic E-state index is 0.143. The molecule has 0 N–H and O–H groups in total. The van der Waals surface area contributed by atoms with Crippen molar-refractivity contribution in [2.45, 2.75) is 65.2 Å². The molecule has 4 rings (SSSR count). The lowest BCUT2D eigenvalue weighted by Crippen LogP contribution is -2.42. The van der Waals surface area contributed by atoms with Crippen molar-refractivity contribution in [2.75, 3.05) is 0 Å². The van der Waals surface area contributed by atoms with Crippen molar-refractivity contribution >= 4 is 24.0 Å². The first-order valence-electron chi connectivity index (χ1n) is 9.86. The van der Waals surface area contributed by atoms with Gasteiger partial charge in [0.1, 0.15) is 6.29 Å². The average molecular weight is 359 g/mol. The molecule has 3 heteroatoms. The molecule has 3 aliphatic rings. The summed E-state index contributed by atoms with van der Waals surface area (Å²) in [5, 5.41) is -0.143. The van der Waals surface area contributed by atoms with Gasteiger partial charge in [0.05, 0.1) is 0 Å². The molecular weight excluding hydrogens is 328 g/mol. The Morgan fingerprint density at radius 2 is 1.96 bits per heavy atom. The SMILES string of the molecule is CC.CC12CCC3c4ccc(C(=O)S)cc4CCC3C1CC[C@@H]2C=O. The van der Waals surface area contributed by atoms with E-state index < -0.39 is 0 Å². The van der Waals surface area contributed by atoms with Crippen LogP contribution in [0.4, 0.5) is 0 Å². The molecule has 1 aromatic carbocycles. The zero-order chi connectivity index (χ0) is 18.2. The number of thiol groups is 1. The molecule has 0 aromatic heterocycles. The summed E-state index contributed by atoms with van der Waals surface area (Å²) in [4.78, 5) is 23.0. The lowest BCUT2D eigenvalue weighted by molar-refractivity contribution is -0.115. The predicted molar refractivity (Wildman–Crippen MR) is 105 cm³/mol. The number of fused-ring (bicyclic) bond motifs is 5. The molecule has 1 aromatic rings. The second-order valence-electron chi connectivity index (χ2n) is 8.00. The first-order valence-corrected chi connectivity index (χ1v) is 10.3. The van der Waals surface area contributed by atoms with Crippen LogP contribution in [0.2, 0.25) is 0 Å². The Bertz CT molecular complexity index is 668. The third-order valence-corrected chi connectivity index (χ3v) is 7.47. The molecule has 0 bridgehead atoms. The summed E-state index contributed by atoms with van der Waals surface area (Å²) >= 11 is 3.96. The van der Waals surface area contributed by atoms with Crippen LogP contribution in [0.1, 0.15) is 80.3 Å². The predicted octanol–water partition coefficient (Wildman–Crippen LogP) is 5.45. The van der Waals surface area contributed by atoms with Gasteiger partial charge in [-0.15, -0.1) is 12.6 Å². The summed E-state index contributed by atoms with van der Waals surface area (Å²) < 4.78 is 0. The number of hydrogen-bond donors (Lipinski definition) is 1. The molecule has 136 valence electrons. The van der Waals surface area contributed by atoms with Gasteiger partial charge in [0, 0.05) is 11.5 Å². The van der Waals surface area contributed by atoms with Crippen molar-refractivity contribution < 1.29 is 9.59 Å². The second-order valence-corrected chi connectivity index (χ2v) is 8.40. The molecule has 25 heavy (non-hydrogen) atoms. The first kappa shape index (κ1) is 18.7. The fourth-order valence-corrected chi connectivity index (χ4v) is 6.12. The van der Waals surface area contributed by atoms with Crippen LogP contribution in [0.5, 0.6) is 0 Å². The summed E-state index contributed by atoms with van der Waals surface area (Å²) in [5.41, 5.74) is 3.74. The van der Waals surface area contributed by atoms with Gasteiger partial charge in [-0.05, 0) is 78.9 Å². The zero-order valence-electron chi connectivity index (χ0n) is 15.6. The normalized spacial score (nSPS) is 35.5. The Hall–Kier alpha value is -1.09. The van der Waals surface area contributed by atoms with E-state index in [2.05, 4.69) is 31.7 Å². The van der Waals surface area contributed by atoms with Crippen LogP contribution in [0, 0.1) is 23.2 Å². The summed E-state index contributed by atoms with van der Waals surface area (Å²) in [6, 6.07) is 6.16. The first-order chi connectivity index (χ1) is 12.0. The number of benzene rings is 1. The van der Waals surface area contributed by atoms with Crippen LogP contribution in [0.3, 0.4) is 0 Å². The van der Waals surface area contributed by atoms with E-state index in [1.165, 1.54) is 36.7 Å². The highest BCUT2D eigenvalue weighted by molar-refractivity contribution is 7.97. The fourth-order valence-electron chi connectivity index (χ4n) is 5.98. The van der Waals surface area contributed by atoms with Crippen molar-refractivity contribution in [1.82, 2.24) is 0 Å². The molecule has 2 saturated carbocycles. The molecule has 4 unspecified atom stereocenters. The van der Waals surface area contributed by atoms with Crippen LogP contribution in [0.15, 0.2) is 18.2 Å². The number of rotatable bonds is 2. The Morgan fingerprint density at radius 3 is 2.64 bits per heavy atom. The summed E-state index contributed by atoms with van der Waals surface area (Å²) in [7, 11) is 0. The number of aldehydes is 1. The smallest absolute Gasteiger partial charge is 0.216 e. The van der Waals surface area contributed by atoms with Gasteiger partial charge in [-0.1, -0.05) is 32.9 Å². The van der Waals surface area contributed by atoms with Crippen LogP contribution < -0.4 is 0 Å². The Labute approximate surface area is 157 Å². The highest BCUT2D eigenvalue weighted by Crippen LogP contribution is 2.62. The maximum atomic E-state index is 11.5. The molecule has 0 heterocycles. The molecule has 2 nitrogen and oxygen atoms in total. The van der Waals surface area contributed by atoms with Gasteiger partial charge in [-0.25, -0.2) is 0 Å². The monoisotopic (exact) mass is 358 g/mol. The number of carbonyl (C=O) groups excluding carboxylic acids is 2. The average Bonchev–Trinajstić information content (AvgIpc) is 2.99. The summed E-state index contributed by atoms with van der Waals surface area (Å²) in [6.07, 6.45) is 8.12. The molecule has 0 saturated heterocycles. The molecular formula is C22H30O2S. The van der Waals surface area contributed by atoms with Gasteiger partial charge >= 0.3 is 0 Å². The Balaban J connectivity index is 0.000000880. The van der Waals surface area contributed by atoms with E-state index in [0.29, 0.717) is 23.3 Å². The number of hydrogen-bond acceptors (Lipinski definition) is 2. The van der Waals surface area contributed by atoms with E-state index in [4.69, 9.17) is 0 Å². The molecule has 0 radical (unpaired) electrons. The van der Waals surface area contributed by atoms with E-state index >= 15 is 0 Å². The molecule has 0 amide bonds. The topological polar surface area (TPSA) is 34.1 Å². The minimum Gasteiger partial charge on any atom is -0.303 e. The van der Waals surface area contributed by atoms with Crippen molar-refractivity contribution in [3.8, 4) is 0 Å². The quantitative estimate of drug-likeness (QED) is 0.563. The van der Waals surface area contributed by atoms with Crippen molar-refractivity contribution in [2.24, 2.45) is 23.2 Å². The summed E-state index contributed by atoms with van der Waals surface area (Å²) in [6.45, 7) is 6.36. The van der Waals surface area contributed by atoms with Crippen LogP contribution in [-0.4, -0.2) is 11.4 Å². The highest BCUT2D eigenvalue weighted by Gasteiger charge is 2.54. The number of carbonyl (C=O) groups is 2. The standard InChI is InChI=1S/C20H24O2S.C2H6/c1-20-9-8-16-15-5-3-13(19(22)23)10-12(15)2-6-17(16)18(20)7-4-14(20)11-21;1-2/h3,5,10-11,14,16-18H,2,4,6-9H2,1H3,(H,22,23);1-2H3/t14-,16?,17?,18?,20?;/m1./s1. The lowest BCUT2D eigenvalue weighted by atomic mass is 9.54. The maximum Gasteiger partial charge on any atom is 0.216 e. The second kappa shape index (κ2) is 7.26. The largest absolute Gasteiger partial charge is 0.303 e. The molecule has 2 fully saturated rings. The lowest BCUT2D eigenvalue weighted by Gasteiger charge is -2.50. The van der Waals surface area contributed by atoms with Crippen molar-refractivity contribution in [1.29, 1.82) is 0 Å². The zero-order valence-corrected chi connectivity index (χ0v) is 16.5. The van der Waals surface area contributed by atoms with Gasteiger partial charge in [0.15, 0.2) is 0 Å². The van der Waals surface area contributed by atoms with E-state index in [9.17, 15) is 9.59 Å². The fraction of sp³-hybridized carbons (Fsp3) is 0.636. The van der Waals surface area contributed by atoms with Crippen LogP contribution >= 0.6 is 12.6 Å². The van der Waals surface area contributed by atoms with Gasteiger partial charge < -0.3 is 4.79 Å². The molecule has 0 spiro atoms. The van der Waals surface area contributed by atoms with E-state index in [-0.39, 0.29) is 16.4 Å². The number of aryl methyl sites for hydroxylation is 1. The maximum absolute atomic E-state index is 11.5. The molecule has 3 aliphatic carbocycles. The third-order valence-electron chi connectivity index (χ3n) is 7.21. The van der Waals surface area contributed by atoms with E-state index in [1.807, 2.05) is 19.9 Å². The Morgan fingerprint density at radius 1 is 1.20 bits per heavy atom. The minimum atomic E-state index is -0.143. The van der Waals surface area contributed by atoms with E-state index in [0.717, 1.165) is 19.3 Å². The van der Waals surface area contributed by atoms with Gasteiger partial charge in [-0.2, -0.15) is 0 Å². The van der Waals surface area contributed by atoms with Crippen molar-refractivity contribution in [3.05, 3.63) is 34.9 Å². The Kier molecular flexibility index (Phi) is 5.43. The van der Waals surface area contributed by atoms with Gasteiger partial charge in [0.25, 0.3) is 0 Å².